The number of rotatable bonds is 4. The Morgan fingerprint density at radius 3 is 3.00 bits per heavy atom. The van der Waals surface area contributed by atoms with E-state index in [1.165, 1.54) is 0 Å². The Bertz CT molecular complexity index is 689. The highest BCUT2D eigenvalue weighted by molar-refractivity contribution is 5.78. The van der Waals surface area contributed by atoms with E-state index < -0.39 is 11.6 Å². The lowest BCUT2D eigenvalue weighted by Gasteiger charge is -2.41. The molecule has 1 aliphatic heterocycles. The fourth-order valence-electron chi connectivity index (χ4n) is 2.97. The van der Waals surface area contributed by atoms with Gasteiger partial charge in [-0.1, -0.05) is 0 Å². The molecule has 6 heteroatoms. The number of aliphatic hydroxyl groups excluding tert-OH is 1. The third-order valence-corrected chi connectivity index (χ3v) is 4.71. The summed E-state index contributed by atoms with van der Waals surface area (Å²) in [6.07, 6.45) is 2.99. The lowest BCUT2D eigenvalue weighted by atomic mass is 9.88. The highest BCUT2D eigenvalue weighted by Gasteiger charge is 2.34. The van der Waals surface area contributed by atoms with E-state index >= 15 is 0 Å². The Balaban J connectivity index is 1.72. The molecule has 0 radical (unpaired) electrons. The summed E-state index contributed by atoms with van der Waals surface area (Å²) < 4.78 is 5.21. The number of nitrogens with zero attached hydrogens (tertiary/aromatic N) is 3. The average molecular weight is 316 g/mol. The Morgan fingerprint density at radius 1 is 1.43 bits per heavy atom. The van der Waals surface area contributed by atoms with Gasteiger partial charge in [0.2, 0.25) is 5.88 Å². The maximum atomic E-state index is 10.1. The fourth-order valence-corrected chi connectivity index (χ4v) is 2.97. The summed E-state index contributed by atoms with van der Waals surface area (Å²) in [6.45, 7) is 4.31. The second-order valence-corrected chi connectivity index (χ2v) is 6.51. The number of ether oxygens (including phenoxy) is 1. The van der Waals surface area contributed by atoms with Crippen LogP contribution in [0.1, 0.15) is 18.9 Å². The van der Waals surface area contributed by atoms with Crippen LogP contribution in [0.5, 0.6) is 5.88 Å². The number of piperidine rings is 1. The number of methoxy groups -OCH3 is 1. The Labute approximate surface area is 136 Å². The lowest BCUT2D eigenvalue weighted by Crippen LogP contribution is -2.59. The highest BCUT2D eigenvalue weighted by atomic mass is 16.5. The summed E-state index contributed by atoms with van der Waals surface area (Å²) in [5.41, 5.74) is 8.51. The van der Waals surface area contributed by atoms with Crippen molar-refractivity contribution in [3.05, 3.63) is 30.0 Å². The van der Waals surface area contributed by atoms with E-state index in [1.54, 1.807) is 7.11 Å². The molecule has 0 saturated carbocycles. The number of nitrogens with two attached hydrogens (primary N) is 1. The van der Waals surface area contributed by atoms with Crippen LogP contribution in [0.15, 0.2) is 24.4 Å². The van der Waals surface area contributed by atoms with Crippen LogP contribution in [-0.4, -0.2) is 58.4 Å². The van der Waals surface area contributed by atoms with Crippen LogP contribution >= 0.6 is 0 Å². The van der Waals surface area contributed by atoms with Crippen molar-refractivity contribution in [2.45, 2.75) is 31.4 Å². The molecule has 2 atom stereocenters. The van der Waals surface area contributed by atoms with Gasteiger partial charge < -0.3 is 20.5 Å². The van der Waals surface area contributed by atoms with Gasteiger partial charge in [0.15, 0.2) is 0 Å². The molecule has 1 aliphatic rings. The first-order chi connectivity index (χ1) is 11.0. The van der Waals surface area contributed by atoms with Crippen LogP contribution in [0.3, 0.4) is 0 Å². The molecule has 1 fully saturated rings. The monoisotopic (exact) mass is 316 g/mol. The van der Waals surface area contributed by atoms with Crippen LogP contribution in [0, 0.1) is 0 Å². The van der Waals surface area contributed by atoms with Gasteiger partial charge >= 0.3 is 0 Å². The maximum Gasteiger partial charge on any atom is 0.213 e. The van der Waals surface area contributed by atoms with E-state index in [0.29, 0.717) is 12.4 Å². The van der Waals surface area contributed by atoms with E-state index in [-0.39, 0.29) is 0 Å². The van der Waals surface area contributed by atoms with Gasteiger partial charge in [0.25, 0.3) is 0 Å². The summed E-state index contributed by atoms with van der Waals surface area (Å²) in [5.74, 6) is 0.596. The second kappa shape index (κ2) is 6.39. The van der Waals surface area contributed by atoms with Crippen molar-refractivity contribution in [1.29, 1.82) is 0 Å². The van der Waals surface area contributed by atoms with Gasteiger partial charge in [-0.2, -0.15) is 0 Å². The summed E-state index contributed by atoms with van der Waals surface area (Å²) in [4.78, 5) is 11.1. The first-order valence-electron chi connectivity index (χ1n) is 7.97. The number of fused-ring (bicyclic) bond motifs is 1. The van der Waals surface area contributed by atoms with Crippen molar-refractivity contribution in [2.75, 3.05) is 26.7 Å². The predicted molar refractivity (Wildman–Crippen MR) is 89.5 cm³/mol. The van der Waals surface area contributed by atoms with E-state index in [1.807, 2.05) is 31.3 Å². The number of pyridine rings is 2. The van der Waals surface area contributed by atoms with Gasteiger partial charge in [-0.3, -0.25) is 4.98 Å². The number of hydrogen-bond donors (Lipinski definition) is 2. The van der Waals surface area contributed by atoms with E-state index in [0.717, 1.165) is 42.5 Å². The number of aliphatic hydroxyl groups is 1. The zero-order valence-electron chi connectivity index (χ0n) is 13.7. The molecule has 124 valence electrons. The van der Waals surface area contributed by atoms with Crippen molar-refractivity contribution in [1.82, 2.24) is 14.9 Å². The minimum Gasteiger partial charge on any atom is -0.481 e. The van der Waals surface area contributed by atoms with Gasteiger partial charge in [0, 0.05) is 37.4 Å². The average Bonchev–Trinajstić information content (AvgIpc) is 2.55. The Kier molecular flexibility index (Phi) is 4.48. The summed E-state index contributed by atoms with van der Waals surface area (Å²) in [7, 11) is 1.61. The Hall–Kier alpha value is -1.76. The first kappa shape index (κ1) is 16.1. The SMILES string of the molecule is COc1ccc2nccc(CCN3CC[C@@](C)(N)[C@@H](O)C3)c2n1. The summed E-state index contributed by atoms with van der Waals surface area (Å²) in [5, 5.41) is 10.1. The van der Waals surface area contributed by atoms with Gasteiger partial charge in [0.1, 0.15) is 0 Å². The molecule has 6 nitrogen and oxygen atoms in total. The number of aromatic nitrogens is 2. The van der Waals surface area contributed by atoms with Crippen molar-refractivity contribution >= 4 is 11.0 Å². The molecular formula is C17H24N4O2. The van der Waals surface area contributed by atoms with Gasteiger partial charge in [-0.05, 0) is 37.5 Å². The molecule has 3 N–H and O–H groups in total. The molecule has 0 spiro atoms. The van der Waals surface area contributed by atoms with Crippen LogP contribution < -0.4 is 10.5 Å². The highest BCUT2D eigenvalue weighted by Crippen LogP contribution is 2.22. The van der Waals surface area contributed by atoms with Gasteiger partial charge in [-0.15, -0.1) is 0 Å². The van der Waals surface area contributed by atoms with Gasteiger partial charge in [0.05, 0.1) is 24.2 Å². The van der Waals surface area contributed by atoms with E-state index in [4.69, 9.17) is 10.5 Å². The molecule has 1 saturated heterocycles. The summed E-state index contributed by atoms with van der Waals surface area (Å²) in [6, 6.07) is 5.75. The molecule has 0 aliphatic carbocycles. The lowest BCUT2D eigenvalue weighted by molar-refractivity contribution is 0.0124. The van der Waals surface area contributed by atoms with Crippen molar-refractivity contribution < 1.29 is 9.84 Å². The normalized spacial score (nSPS) is 25.7. The van der Waals surface area contributed by atoms with E-state index in [9.17, 15) is 5.11 Å². The van der Waals surface area contributed by atoms with Crippen molar-refractivity contribution in [2.24, 2.45) is 5.73 Å². The number of likely N-dealkylation sites (tertiary alicyclic amines) is 1. The van der Waals surface area contributed by atoms with Crippen molar-refractivity contribution in [3.8, 4) is 5.88 Å². The van der Waals surface area contributed by atoms with Crippen molar-refractivity contribution in [3.63, 3.8) is 0 Å². The molecule has 2 aromatic rings. The third kappa shape index (κ3) is 3.44. The second-order valence-electron chi connectivity index (χ2n) is 6.51. The maximum absolute atomic E-state index is 10.1. The van der Waals surface area contributed by atoms with Crippen LogP contribution in [0.25, 0.3) is 11.0 Å². The van der Waals surface area contributed by atoms with Crippen LogP contribution in [-0.2, 0) is 6.42 Å². The minimum atomic E-state index is -0.483. The van der Waals surface area contributed by atoms with Crippen LogP contribution in [0.4, 0.5) is 0 Å². The molecule has 0 bridgehead atoms. The summed E-state index contributed by atoms with van der Waals surface area (Å²) >= 11 is 0. The minimum absolute atomic E-state index is 0.477. The fraction of sp³-hybridized carbons (Fsp3) is 0.529. The zero-order valence-corrected chi connectivity index (χ0v) is 13.7. The molecule has 3 heterocycles. The number of β-amino-alcohol motifs (C(OH)–C–C–N with tert-alkyl or cyclic N) is 1. The zero-order chi connectivity index (χ0) is 16.4. The molecular weight excluding hydrogens is 292 g/mol. The first-order valence-corrected chi connectivity index (χ1v) is 7.97. The smallest absolute Gasteiger partial charge is 0.213 e. The Morgan fingerprint density at radius 2 is 2.26 bits per heavy atom. The predicted octanol–water partition coefficient (Wildman–Crippen LogP) is 0.965. The largest absolute Gasteiger partial charge is 0.481 e. The third-order valence-electron chi connectivity index (χ3n) is 4.71. The standard InChI is InChI=1S/C17H24N4O2/c1-17(18)7-10-21(11-14(17)22)9-6-12-5-8-19-13-3-4-15(23-2)20-16(12)13/h3-5,8,14,22H,6-7,9-11,18H2,1-2H3/t14-,17+/m0/s1. The molecule has 0 unspecified atom stereocenters. The molecule has 3 rings (SSSR count). The van der Waals surface area contributed by atoms with E-state index in [2.05, 4.69) is 14.9 Å². The quantitative estimate of drug-likeness (QED) is 0.874. The molecule has 0 amide bonds. The van der Waals surface area contributed by atoms with Gasteiger partial charge in [-0.25, -0.2) is 4.98 Å². The molecule has 2 aromatic heterocycles. The topological polar surface area (TPSA) is 84.5 Å². The number of hydrogen-bond acceptors (Lipinski definition) is 6. The van der Waals surface area contributed by atoms with Crippen LogP contribution in [0.2, 0.25) is 0 Å². The molecule has 23 heavy (non-hydrogen) atoms. The molecule has 0 aromatic carbocycles.